The van der Waals surface area contributed by atoms with Gasteiger partial charge in [0.25, 0.3) is 5.56 Å². The van der Waals surface area contributed by atoms with Gasteiger partial charge in [-0.05, 0) is 30.2 Å². The highest BCUT2D eigenvalue weighted by atomic mass is 16.5. The number of carbonyl (C=O) groups is 1. The van der Waals surface area contributed by atoms with Crippen molar-refractivity contribution in [3.05, 3.63) is 56.4 Å². The van der Waals surface area contributed by atoms with Crippen molar-refractivity contribution in [2.75, 3.05) is 20.8 Å². The van der Waals surface area contributed by atoms with Gasteiger partial charge in [0.1, 0.15) is 11.5 Å². The predicted octanol–water partition coefficient (Wildman–Crippen LogP) is -0.0182. The minimum Gasteiger partial charge on any atom is -0.497 e. The standard InChI is InChI=1S/C16H19N3O5/c1-23-12-3-4-13(24-2)10(7-12)5-6-17-14(20)8-11-9-15(21)19-16(22)18-11/h3-4,7,9H,5-6,8H2,1-2H3,(H,17,20)(H2,18,19,21,22). The maximum Gasteiger partial charge on any atom is 0.325 e. The Kier molecular flexibility index (Phi) is 5.78. The van der Waals surface area contributed by atoms with E-state index in [-0.39, 0.29) is 18.0 Å². The Morgan fingerprint density at radius 2 is 1.92 bits per heavy atom. The molecule has 8 nitrogen and oxygen atoms in total. The van der Waals surface area contributed by atoms with Gasteiger partial charge in [-0.15, -0.1) is 0 Å². The Morgan fingerprint density at radius 1 is 1.12 bits per heavy atom. The second kappa shape index (κ2) is 8.00. The first kappa shape index (κ1) is 17.3. The molecule has 0 unspecified atom stereocenters. The quantitative estimate of drug-likeness (QED) is 0.659. The zero-order valence-electron chi connectivity index (χ0n) is 13.5. The van der Waals surface area contributed by atoms with Crippen molar-refractivity contribution in [1.82, 2.24) is 15.3 Å². The first-order valence-corrected chi connectivity index (χ1v) is 7.32. The van der Waals surface area contributed by atoms with E-state index in [2.05, 4.69) is 10.3 Å². The number of carbonyl (C=O) groups excluding carboxylic acids is 1. The third-order valence-electron chi connectivity index (χ3n) is 3.37. The van der Waals surface area contributed by atoms with Crippen molar-refractivity contribution < 1.29 is 14.3 Å². The summed E-state index contributed by atoms with van der Waals surface area (Å²) in [7, 11) is 3.16. The van der Waals surface area contributed by atoms with Gasteiger partial charge in [-0.1, -0.05) is 0 Å². The third kappa shape index (κ3) is 4.73. The molecule has 128 valence electrons. The highest BCUT2D eigenvalue weighted by molar-refractivity contribution is 5.78. The van der Waals surface area contributed by atoms with Crippen molar-refractivity contribution in [1.29, 1.82) is 0 Å². The third-order valence-corrected chi connectivity index (χ3v) is 3.37. The van der Waals surface area contributed by atoms with Gasteiger partial charge >= 0.3 is 5.69 Å². The molecule has 0 bridgehead atoms. The van der Waals surface area contributed by atoms with E-state index < -0.39 is 11.2 Å². The number of aromatic amines is 2. The van der Waals surface area contributed by atoms with Gasteiger partial charge < -0.3 is 19.8 Å². The molecule has 0 aliphatic rings. The number of hydrogen-bond donors (Lipinski definition) is 3. The van der Waals surface area contributed by atoms with Gasteiger partial charge in [-0.3, -0.25) is 14.6 Å². The molecule has 1 aromatic heterocycles. The molecule has 0 aliphatic heterocycles. The second-order valence-corrected chi connectivity index (χ2v) is 5.07. The summed E-state index contributed by atoms with van der Waals surface area (Å²) in [5.41, 5.74) is -0.00370. The van der Waals surface area contributed by atoms with Crippen LogP contribution in [0.3, 0.4) is 0 Å². The van der Waals surface area contributed by atoms with Crippen molar-refractivity contribution in [2.45, 2.75) is 12.8 Å². The van der Waals surface area contributed by atoms with Crippen molar-refractivity contribution in [2.24, 2.45) is 0 Å². The van der Waals surface area contributed by atoms with Gasteiger partial charge in [0, 0.05) is 18.3 Å². The molecular formula is C16H19N3O5. The van der Waals surface area contributed by atoms with E-state index in [1.807, 2.05) is 11.1 Å². The molecule has 0 atom stereocenters. The van der Waals surface area contributed by atoms with Crippen LogP contribution in [0.5, 0.6) is 11.5 Å². The zero-order chi connectivity index (χ0) is 17.5. The molecule has 0 aliphatic carbocycles. The molecule has 0 saturated carbocycles. The minimum absolute atomic E-state index is 0.0750. The minimum atomic E-state index is -0.633. The summed E-state index contributed by atoms with van der Waals surface area (Å²) in [6.45, 7) is 0.385. The average molecular weight is 333 g/mol. The van der Waals surface area contributed by atoms with Crippen LogP contribution in [0.1, 0.15) is 11.3 Å². The summed E-state index contributed by atoms with van der Waals surface area (Å²) >= 11 is 0. The Morgan fingerprint density at radius 3 is 2.58 bits per heavy atom. The molecule has 0 spiro atoms. The lowest BCUT2D eigenvalue weighted by atomic mass is 10.1. The van der Waals surface area contributed by atoms with Gasteiger partial charge in [0.2, 0.25) is 5.91 Å². The van der Waals surface area contributed by atoms with Gasteiger partial charge in [0.15, 0.2) is 0 Å². The Balaban J connectivity index is 1.93. The fourth-order valence-electron chi connectivity index (χ4n) is 2.26. The summed E-state index contributed by atoms with van der Waals surface area (Å²) in [6, 6.07) is 6.63. The number of amides is 1. The number of hydrogen-bond acceptors (Lipinski definition) is 5. The molecule has 1 heterocycles. The fourth-order valence-corrected chi connectivity index (χ4v) is 2.26. The summed E-state index contributed by atoms with van der Waals surface area (Å²) in [5, 5.41) is 2.74. The molecule has 2 rings (SSSR count). The summed E-state index contributed by atoms with van der Waals surface area (Å²) in [6.07, 6.45) is 0.479. The SMILES string of the molecule is COc1ccc(OC)c(CCNC(=O)Cc2cc(=O)[nH]c(=O)[nH]2)c1. The van der Waals surface area contributed by atoms with Gasteiger partial charge in [-0.2, -0.15) is 0 Å². The van der Waals surface area contributed by atoms with Gasteiger partial charge in [0.05, 0.1) is 20.6 Å². The van der Waals surface area contributed by atoms with Crippen molar-refractivity contribution in [3.8, 4) is 11.5 Å². The molecule has 0 saturated heterocycles. The first-order chi connectivity index (χ1) is 11.5. The maximum absolute atomic E-state index is 11.9. The fraction of sp³-hybridized carbons (Fsp3) is 0.312. The summed E-state index contributed by atoms with van der Waals surface area (Å²) in [5.74, 6) is 1.13. The molecule has 8 heteroatoms. The first-order valence-electron chi connectivity index (χ1n) is 7.32. The van der Waals surface area contributed by atoms with E-state index in [1.165, 1.54) is 6.07 Å². The van der Waals surface area contributed by atoms with Crippen LogP contribution in [0.25, 0.3) is 0 Å². The molecule has 2 aromatic rings. The Labute approximate surface area is 137 Å². The number of rotatable bonds is 7. The van der Waals surface area contributed by atoms with Crippen molar-refractivity contribution >= 4 is 5.91 Å². The normalized spacial score (nSPS) is 10.2. The maximum atomic E-state index is 11.9. The number of aromatic nitrogens is 2. The predicted molar refractivity (Wildman–Crippen MR) is 87.6 cm³/mol. The second-order valence-electron chi connectivity index (χ2n) is 5.07. The highest BCUT2D eigenvalue weighted by Gasteiger charge is 2.08. The molecule has 24 heavy (non-hydrogen) atoms. The van der Waals surface area contributed by atoms with Crippen LogP contribution in [0.2, 0.25) is 0 Å². The number of methoxy groups -OCH3 is 2. The number of benzene rings is 1. The van der Waals surface area contributed by atoms with E-state index in [4.69, 9.17) is 9.47 Å². The van der Waals surface area contributed by atoms with Crippen molar-refractivity contribution in [3.63, 3.8) is 0 Å². The van der Waals surface area contributed by atoms with Crippen LogP contribution in [0.4, 0.5) is 0 Å². The molecular weight excluding hydrogens is 314 g/mol. The Bertz CT molecular complexity index is 797. The lowest BCUT2D eigenvalue weighted by Gasteiger charge is -2.11. The number of H-pyrrole nitrogens is 2. The van der Waals surface area contributed by atoms with E-state index in [9.17, 15) is 14.4 Å². The molecule has 1 aromatic carbocycles. The van der Waals surface area contributed by atoms with E-state index in [1.54, 1.807) is 26.4 Å². The zero-order valence-corrected chi connectivity index (χ0v) is 13.5. The van der Waals surface area contributed by atoms with Gasteiger partial charge in [-0.25, -0.2) is 4.79 Å². The number of ether oxygens (including phenoxy) is 2. The highest BCUT2D eigenvalue weighted by Crippen LogP contribution is 2.24. The van der Waals surface area contributed by atoms with E-state index >= 15 is 0 Å². The molecule has 0 fully saturated rings. The topological polar surface area (TPSA) is 113 Å². The molecule has 1 amide bonds. The van der Waals surface area contributed by atoms with Crippen LogP contribution < -0.4 is 26.0 Å². The lowest BCUT2D eigenvalue weighted by molar-refractivity contribution is -0.120. The monoisotopic (exact) mass is 333 g/mol. The summed E-state index contributed by atoms with van der Waals surface area (Å²) < 4.78 is 10.5. The Hall–Kier alpha value is -3.03. The molecule has 3 N–H and O–H groups in total. The van der Waals surface area contributed by atoms with E-state index in [0.717, 1.165) is 5.56 Å². The summed E-state index contributed by atoms with van der Waals surface area (Å²) in [4.78, 5) is 38.7. The smallest absolute Gasteiger partial charge is 0.325 e. The van der Waals surface area contributed by atoms with Crippen LogP contribution in [0.15, 0.2) is 33.9 Å². The average Bonchev–Trinajstić information content (AvgIpc) is 2.53. The van der Waals surface area contributed by atoms with Crippen LogP contribution in [-0.2, 0) is 17.6 Å². The molecule has 0 radical (unpaired) electrons. The lowest BCUT2D eigenvalue weighted by Crippen LogP contribution is -2.30. The van der Waals surface area contributed by atoms with Crippen LogP contribution in [-0.4, -0.2) is 36.6 Å². The van der Waals surface area contributed by atoms with Crippen LogP contribution in [0, 0.1) is 0 Å². The van der Waals surface area contributed by atoms with Crippen LogP contribution >= 0.6 is 0 Å². The largest absolute Gasteiger partial charge is 0.497 e. The van der Waals surface area contributed by atoms with E-state index in [0.29, 0.717) is 24.5 Å². The number of nitrogens with one attached hydrogen (secondary N) is 3.